The Morgan fingerprint density at radius 3 is 2.95 bits per heavy atom. The zero-order valence-corrected chi connectivity index (χ0v) is 11.7. The van der Waals surface area contributed by atoms with E-state index in [1.54, 1.807) is 4.90 Å². The Bertz CT molecular complexity index is 514. The number of carbonyl (C=O) groups is 1. The zero-order chi connectivity index (χ0) is 14.5. The van der Waals surface area contributed by atoms with Gasteiger partial charge in [-0.3, -0.25) is 4.79 Å². The number of aryl methyl sites for hydroxylation is 2. The van der Waals surface area contributed by atoms with Crippen LogP contribution in [0.25, 0.3) is 0 Å². The van der Waals surface area contributed by atoms with Gasteiger partial charge in [0.2, 0.25) is 5.91 Å². The Balaban J connectivity index is 1.97. The number of nitrogens with zero attached hydrogens (tertiary/aromatic N) is 2. The molecule has 0 aliphatic carbocycles. The molecule has 1 aromatic carbocycles. The molecule has 20 heavy (non-hydrogen) atoms. The van der Waals surface area contributed by atoms with E-state index in [1.807, 2.05) is 18.2 Å². The Morgan fingerprint density at radius 1 is 1.50 bits per heavy atom. The number of benzene rings is 1. The summed E-state index contributed by atoms with van der Waals surface area (Å²) in [4.78, 5) is 14.0. The maximum Gasteiger partial charge on any atom is 0.223 e. The molecule has 1 heterocycles. The molecule has 0 bridgehead atoms. The minimum absolute atomic E-state index is 0.0716. The first-order valence-electron chi connectivity index (χ1n) is 6.95. The molecular weight excluding hydrogens is 254 g/mol. The van der Waals surface area contributed by atoms with Crippen molar-refractivity contribution in [2.24, 2.45) is 10.9 Å². The number of nitrogens with two attached hydrogens (primary N) is 1. The number of amides is 1. The van der Waals surface area contributed by atoms with Crippen LogP contribution >= 0.6 is 0 Å². The van der Waals surface area contributed by atoms with Crippen LogP contribution in [0.15, 0.2) is 29.4 Å². The first kappa shape index (κ1) is 14.4. The second kappa shape index (κ2) is 6.41. The number of oxime groups is 1. The summed E-state index contributed by atoms with van der Waals surface area (Å²) >= 11 is 0. The van der Waals surface area contributed by atoms with Crippen LogP contribution in [0.3, 0.4) is 0 Å². The van der Waals surface area contributed by atoms with Gasteiger partial charge in [0.05, 0.1) is 6.04 Å². The molecule has 0 radical (unpaired) electrons. The van der Waals surface area contributed by atoms with Gasteiger partial charge in [-0.1, -0.05) is 29.4 Å². The minimum atomic E-state index is -0.246. The smallest absolute Gasteiger partial charge is 0.223 e. The largest absolute Gasteiger partial charge is 0.409 e. The third-order valence-electron chi connectivity index (χ3n) is 3.90. The molecule has 1 aliphatic rings. The van der Waals surface area contributed by atoms with E-state index in [0.29, 0.717) is 13.0 Å². The van der Waals surface area contributed by atoms with E-state index in [1.165, 1.54) is 11.1 Å². The number of amidine groups is 1. The van der Waals surface area contributed by atoms with Gasteiger partial charge in [0, 0.05) is 13.0 Å². The molecule has 5 heteroatoms. The van der Waals surface area contributed by atoms with Crippen LogP contribution in [-0.4, -0.2) is 34.4 Å². The van der Waals surface area contributed by atoms with Crippen LogP contribution in [0.2, 0.25) is 0 Å². The Kier molecular flexibility index (Phi) is 4.61. The van der Waals surface area contributed by atoms with Gasteiger partial charge in [0.25, 0.3) is 0 Å². The highest BCUT2D eigenvalue weighted by atomic mass is 16.4. The number of hydrogen-bond acceptors (Lipinski definition) is 3. The van der Waals surface area contributed by atoms with Gasteiger partial charge in [-0.15, -0.1) is 0 Å². The van der Waals surface area contributed by atoms with E-state index in [0.717, 1.165) is 19.3 Å². The third-order valence-corrected chi connectivity index (χ3v) is 3.90. The number of likely N-dealkylation sites (tertiary alicyclic amines) is 1. The maximum atomic E-state index is 12.3. The molecule has 1 saturated heterocycles. The standard InChI is InChI=1S/C15H21N3O2/c1-11-5-2-3-6-12(11)8-9-14(19)18-10-4-7-13(18)15(16)17-20/h2-3,5-6,13,20H,4,7-10H2,1H3,(H2,16,17). The molecule has 108 valence electrons. The lowest BCUT2D eigenvalue weighted by Gasteiger charge is -2.23. The van der Waals surface area contributed by atoms with E-state index in [4.69, 9.17) is 10.9 Å². The SMILES string of the molecule is Cc1ccccc1CCC(=O)N1CCCC1C(N)=NO. The molecule has 1 amide bonds. The molecule has 2 rings (SSSR count). The number of hydrogen-bond donors (Lipinski definition) is 2. The Morgan fingerprint density at radius 2 is 2.25 bits per heavy atom. The van der Waals surface area contributed by atoms with Gasteiger partial charge in [0.15, 0.2) is 5.84 Å². The van der Waals surface area contributed by atoms with Crippen molar-refractivity contribution in [3.8, 4) is 0 Å². The normalized spacial score (nSPS) is 19.4. The van der Waals surface area contributed by atoms with Crippen LogP contribution in [-0.2, 0) is 11.2 Å². The van der Waals surface area contributed by atoms with Crippen LogP contribution in [0, 0.1) is 6.92 Å². The molecule has 0 spiro atoms. The fraction of sp³-hybridized carbons (Fsp3) is 0.467. The molecule has 5 nitrogen and oxygen atoms in total. The van der Waals surface area contributed by atoms with Gasteiger partial charge < -0.3 is 15.8 Å². The quantitative estimate of drug-likeness (QED) is 0.379. The third kappa shape index (κ3) is 3.10. The van der Waals surface area contributed by atoms with Crippen molar-refractivity contribution in [3.05, 3.63) is 35.4 Å². The first-order valence-corrected chi connectivity index (χ1v) is 6.95. The van der Waals surface area contributed by atoms with E-state index >= 15 is 0 Å². The molecule has 1 aromatic rings. The van der Waals surface area contributed by atoms with Crippen molar-refractivity contribution in [1.82, 2.24) is 4.90 Å². The molecule has 1 aliphatic heterocycles. The van der Waals surface area contributed by atoms with Gasteiger partial charge in [-0.2, -0.15) is 0 Å². The summed E-state index contributed by atoms with van der Waals surface area (Å²) in [5, 5.41) is 11.8. The zero-order valence-electron chi connectivity index (χ0n) is 11.7. The lowest BCUT2D eigenvalue weighted by Crippen LogP contribution is -2.43. The van der Waals surface area contributed by atoms with E-state index in [-0.39, 0.29) is 17.8 Å². The van der Waals surface area contributed by atoms with Crippen molar-refractivity contribution in [2.45, 2.75) is 38.6 Å². The lowest BCUT2D eigenvalue weighted by molar-refractivity contribution is -0.130. The predicted octanol–water partition coefficient (Wildman–Crippen LogP) is 1.67. The summed E-state index contributed by atoms with van der Waals surface area (Å²) in [5.41, 5.74) is 8.04. The van der Waals surface area contributed by atoms with E-state index < -0.39 is 0 Å². The fourth-order valence-electron chi connectivity index (χ4n) is 2.72. The fourth-order valence-corrected chi connectivity index (χ4v) is 2.72. The second-order valence-electron chi connectivity index (χ2n) is 5.20. The van der Waals surface area contributed by atoms with Crippen molar-refractivity contribution in [3.63, 3.8) is 0 Å². The molecule has 0 saturated carbocycles. The molecule has 1 atom stereocenters. The van der Waals surface area contributed by atoms with Gasteiger partial charge >= 0.3 is 0 Å². The highest BCUT2D eigenvalue weighted by Crippen LogP contribution is 2.19. The van der Waals surface area contributed by atoms with Gasteiger partial charge in [-0.05, 0) is 37.3 Å². The molecule has 0 aromatic heterocycles. The molecule has 1 fully saturated rings. The summed E-state index contributed by atoms with van der Waals surface area (Å²) < 4.78 is 0. The average Bonchev–Trinajstić information content (AvgIpc) is 2.94. The molecule has 3 N–H and O–H groups in total. The highest BCUT2D eigenvalue weighted by Gasteiger charge is 2.31. The minimum Gasteiger partial charge on any atom is -0.409 e. The van der Waals surface area contributed by atoms with Gasteiger partial charge in [-0.25, -0.2) is 0 Å². The summed E-state index contributed by atoms with van der Waals surface area (Å²) in [7, 11) is 0. The number of carbonyl (C=O) groups excluding carboxylic acids is 1. The summed E-state index contributed by atoms with van der Waals surface area (Å²) in [5.74, 6) is 0.203. The predicted molar refractivity (Wildman–Crippen MR) is 77.6 cm³/mol. The average molecular weight is 275 g/mol. The molecular formula is C15H21N3O2. The number of rotatable bonds is 4. The van der Waals surface area contributed by atoms with Crippen LogP contribution in [0.1, 0.15) is 30.4 Å². The first-order chi connectivity index (χ1) is 9.63. The Labute approximate surface area is 119 Å². The summed E-state index contributed by atoms with van der Waals surface area (Å²) in [6, 6.07) is 7.84. The summed E-state index contributed by atoms with van der Waals surface area (Å²) in [6.07, 6.45) is 2.86. The van der Waals surface area contributed by atoms with Crippen molar-refractivity contribution in [2.75, 3.05) is 6.54 Å². The maximum absolute atomic E-state index is 12.3. The van der Waals surface area contributed by atoms with Crippen molar-refractivity contribution >= 4 is 11.7 Å². The van der Waals surface area contributed by atoms with Crippen LogP contribution < -0.4 is 5.73 Å². The van der Waals surface area contributed by atoms with E-state index in [2.05, 4.69) is 18.1 Å². The van der Waals surface area contributed by atoms with Crippen molar-refractivity contribution < 1.29 is 10.0 Å². The van der Waals surface area contributed by atoms with Crippen LogP contribution in [0.5, 0.6) is 0 Å². The summed E-state index contributed by atoms with van der Waals surface area (Å²) in [6.45, 7) is 2.74. The monoisotopic (exact) mass is 275 g/mol. The second-order valence-corrected chi connectivity index (χ2v) is 5.20. The topological polar surface area (TPSA) is 78.9 Å². The molecule has 1 unspecified atom stereocenters. The lowest BCUT2D eigenvalue weighted by atomic mass is 10.0. The Hall–Kier alpha value is -2.04. The highest BCUT2D eigenvalue weighted by molar-refractivity contribution is 5.90. The van der Waals surface area contributed by atoms with Gasteiger partial charge in [0.1, 0.15) is 0 Å². The van der Waals surface area contributed by atoms with Crippen LogP contribution in [0.4, 0.5) is 0 Å². The van der Waals surface area contributed by atoms with E-state index in [9.17, 15) is 4.79 Å². The van der Waals surface area contributed by atoms with Crippen molar-refractivity contribution in [1.29, 1.82) is 0 Å².